The second kappa shape index (κ2) is 7.61. The van der Waals surface area contributed by atoms with E-state index >= 15 is 0 Å². The zero-order valence-electron chi connectivity index (χ0n) is 15.0. The average molecular weight is 373 g/mol. The quantitative estimate of drug-likeness (QED) is 0.799. The van der Waals surface area contributed by atoms with Gasteiger partial charge in [-0.25, -0.2) is 4.39 Å². The van der Waals surface area contributed by atoms with Crippen molar-refractivity contribution in [3.8, 4) is 5.75 Å². The summed E-state index contributed by atoms with van der Waals surface area (Å²) >= 11 is 0. The van der Waals surface area contributed by atoms with E-state index in [2.05, 4.69) is 10.6 Å². The van der Waals surface area contributed by atoms with Gasteiger partial charge < -0.3 is 19.9 Å². The van der Waals surface area contributed by atoms with Crippen LogP contribution in [0.3, 0.4) is 0 Å². The lowest BCUT2D eigenvalue weighted by atomic mass is 10.1. The highest BCUT2D eigenvalue weighted by Gasteiger charge is 2.25. The maximum absolute atomic E-state index is 13.7. The van der Waals surface area contributed by atoms with Gasteiger partial charge in [0.1, 0.15) is 17.1 Å². The number of benzene rings is 1. The van der Waals surface area contributed by atoms with Gasteiger partial charge in [-0.15, -0.1) is 0 Å². The van der Waals surface area contributed by atoms with Crippen LogP contribution in [0.25, 0.3) is 0 Å². The SMILES string of the molecule is CNC(=O)c1cc(C(=O)NC2CC2)cn(Cc2cc(F)cc(OC)c2)c1=O. The van der Waals surface area contributed by atoms with E-state index in [0.29, 0.717) is 11.3 Å². The van der Waals surface area contributed by atoms with Crippen LogP contribution in [0, 0.1) is 5.82 Å². The molecule has 2 amide bonds. The molecule has 0 unspecified atom stereocenters. The monoisotopic (exact) mass is 373 g/mol. The Kier molecular flexibility index (Phi) is 5.25. The lowest BCUT2D eigenvalue weighted by Crippen LogP contribution is -2.34. The van der Waals surface area contributed by atoms with Crippen LogP contribution in [0.5, 0.6) is 5.75 Å². The number of ether oxygens (including phenoxy) is 1. The van der Waals surface area contributed by atoms with Crippen molar-refractivity contribution in [3.05, 3.63) is 63.3 Å². The van der Waals surface area contributed by atoms with Gasteiger partial charge in [0.2, 0.25) is 0 Å². The summed E-state index contributed by atoms with van der Waals surface area (Å²) < 4.78 is 20.0. The summed E-state index contributed by atoms with van der Waals surface area (Å²) in [6.07, 6.45) is 3.21. The van der Waals surface area contributed by atoms with Crippen molar-refractivity contribution < 1.29 is 18.7 Å². The standard InChI is InChI=1S/C19H20FN3O4/c1-21-18(25)16-7-12(17(24)22-14-3-4-14)10-23(19(16)26)9-11-5-13(20)8-15(6-11)27-2/h5-8,10,14H,3-4,9H2,1-2H3,(H,21,25)(H,22,24). The Bertz CT molecular complexity index is 950. The molecule has 1 aliphatic rings. The number of halogens is 1. The minimum absolute atomic E-state index is 0.0124. The number of methoxy groups -OCH3 is 1. The Labute approximate surface area is 155 Å². The predicted octanol–water partition coefficient (Wildman–Crippen LogP) is 1.30. The van der Waals surface area contributed by atoms with Gasteiger partial charge in [0.05, 0.1) is 19.2 Å². The number of carbonyl (C=O) groups is 2. The fourth-order valence-corrected chi connectivity index (χ4v) is 2.70. The van der Waals surface area contributed by atoms with E-state index in [9.17, 15) is 18.8 Å². The molecule has 27 heavy (non-hydrogen) atoms. The van der Waals surface area contributed by atoms with E-state index in [1.54, 1.807) is 6.07 Å². The fourth-order valence-electron chi connectivity index (χ4n) is 2.70. The lowest BCUT2D eigenvalue weighted by molar-refractivity contribution is 0.0950. The first-order valence-electron chi connectivity index (χ1n) is 8.52. The van der Waals surface area contributed by atoms with Crippen LogP contribution in [0.15, 0.2) is 35.3 Å². The molecule has 3 rings (SSSR count). The molecule has 142 valence electrons. The van der Waals surface area contributed by atoms with Crippen molar-refractivity contribution in [2.45, 2.75) is 25.4 Å². The van der Waals surface area contributed by atoms with Gasteiger partial charge in [-0.1, -0.05) is 0 Å². The Balaban J connectivity index is 2.02. The summed E-state index contributed by atoms with van der Waals surface area (Å²) in [4.78, 5) is 37.1. The van der Waals surface area contributed by atoms with Gasteiger partial charge >= 0.3 is 0 Å². The maximum Gasteiger partial charge on any atom is 0.263 e. The first-order chi connectivity index (χ1) is 12.9. The minimum Gasteiger partial charge on any atom is -0.497 e. The van der Waals surface area contributed by atoms with Gasteiger partial charge in [-0.2, -0.15) is 0 Å². The second-order valence-corrected chi connectivity index (χ2v) is 6.40. The third-order valence-corrected chi connectivity index (χ3v) is 4.25. The number of pyridine rings is 1. The molecule has 7 nitrogen and oxygen atoms in total. The van der Waals surface area contributed by atoms with E-state index in [1.807, 2.05) is 0 Å². The predicted molar refractivity (Wildman–Crippen MR) is 96.6 cm³/mol. The van der Waals surface area contributed by atoms with Crippen molar-refractivity contribution >= 4 is 11.8 Å². The van der Waals surface area contributed by atoms with Crippen molar-refractivity contribution in [1.82, 2.24) is 15.2 Å². The van der Waals surface area contributed by atoms with E-state index in [4.69, 9.17) is 4.74 Å². The van der Waals surface area contributed by atoms with Crippen LogP contribution in [-0.4, -0.2) is 36.6 Å². The van der Waals surface area contributed by atoms with Gasteiger partial charge in [0.15, 0.2) is 0 Å². The summed E-state index contributed by atoms with van der Waals surface area (Å²) in [7, 11) is 2.82. The summed E-state index contributed by atoms with van der Waals surface area (Å²) in [6.45, 7) is -0.0124. The van der Waals surface area contributed by atoms with E-state index in [0.717, 1.165) is 12.8 Å². The molecule has 0 bridgehead atoms. The van der Waals surface area contributed by atoms with Crippen LogP contribution < -0.4 is 20.9 Å². The smallest absolute Gasteiger partial charge is 0.263 e. The Morgan fingerprint density at radius 1 is 1.22 bits per heavy atom. The molecule has 0 atom stereocenters. The molecule has 0 spiro atoms. The Hall–Kier alpha value is -3.16. The number of nitrogens with zero attached hydrogens (tertiary/aromatic N) is 1. The molecule has 1 aromatic carbocycles. The van der Waals surface area contributed by atoms with Gasteiger partial charge in [0, 0.05) is 25.4 Å². The number of nitrogens with one attached hydrogen (secondary N) is 2. The number of aromatic nitrogens is 1. The molecule has 0 radical (unpaired) electrons. The highest BCUT2D eigenvalue weighted by atomic mass is 19.1. The molecular weight excluding hydrogens is 353 g/mol. The van der Waals surface area contributed by atoms with E-state index < -0.39 is 17.3 Å². The molecule has 2 N–H and O–H groups in total. The molecule has 1 aliphatic carbocycles. The summed E-state index contributed by atoms with van der Waals surface area (Å²) in [6, 6.07) is 5.50. The van der Waals surface area contributed by atoms with Crippen molar-refractivity contribution in [2.75, 3.05) is 14.2 Å². The normalized spacial score (nSPS) is 13.1. The molecule has 1 aromatic heterocycles. The summed E-state index contributed by atoms with van der Waals surface area (Å²) in [5.41, 5.74) is -0.0510. The lowest BCUT2D eigenvalue weighted by Gasteiger charge is -2.12. The first-order valence-corrected chi connectivity index (χ1v) is 8.52. The van der Waals surface area contributed by atoms with Crippen LogP contribution in [-0.2, 0) is 6.54 Å². The van der Waals surface area contributed by atoms with Crippen molar-refractivity contribution in [3.63, 3.8) is 0 Å². The summed E-state index contributed by atoms with van der Waals surface area (Å²) in [5, 5.41) is 5.22. The molecule has 1 heterocycles. The van der Waals surface area contributed by atoms with Gasteiger partial charge in [-0.05, 0) is 36.6 Å². The average Bonchev–Trinajstić information content (AvgIpc) is 3.46. The van der Waals surface area contributed by atoms with Crippen LogP contribution in [0.2, 0.25) is 0 Å². The van der Waals surface area contributed by atoms with E-state index in [-0.39, 0.29) is 29.6 Å². The van der Waals surface area contributed by atoms with E-state index in [1.165, 1.54) is 43.1 Å². The minimum atomic E-state index is -0.591. The molecule has 0 aliphatic heterocycles. The number of rotatable bonds is 6. The Morgan fingerprint density at radius 2 is 1.96 bits per heavy atom. The highest BCUT2D eigenvalue weighted by Crippen LogP contribution is 2.20. The van der Waals surface area contributed by atoms with Crippen molar-refractivity contribution in [2.24, 2.45) is 0 Å². The van der Waals surface area contributed by atoms with Crippen LogP contribution >= 0.6 is 0 Å². The Morgan fingerprint density at radius 3 is 2.59 bits per heavy atom. The fraction of sp³-hybridized carbons (Fsp3) is 0.316. The highest BCUT2D eigenvalue weighted by molar-refractivity contribution is 5.99. The number of amides is 2. The summed E-state index contributed by atoms with van der Waals surface area (Å²) in [5.74, 6) is -1.14. The zero-order chi connectivity index (χ0) is 19.6. The number of hydrogen-bond donors (Lipinski definition) is 2. The van der Waals surface area contributed by atoms with Crippen LogP contribution in [0.1, 0.15) is 39.1 Å². The molecule has 1 fully saturated rings. The molecule has 2 aromatic rings. The maximum atomic E-state index is 13.7. The molecule has 0 saturated heterocycles. The zero-order valence-corrected chi connectivity index (χ0v) is 15.0. The van der Waals surface area contributed by atoms with Gasteiger partial charge in [-0.3, -0.25) is 14.4 Å². The second-order valence-electron chi connectivity index (χ2n) is 6.40. The third-order valence-electron chi connectivity index (χ3n) is 4.25. The molecular formula is C19H20FN3O4. The third kappa shape index (κ3) is 4.33. The van der Waals surface area contributed by atoms with Crippen LogP contribution in [0.4, 0.5) is 4.39 Å². The number of carbonyl (C=O) groups excluding carboxylic acids is 2. The van der Waals surface area contributed by atoms with Gasteiger partial charge in [0.25, 0.3) is 17.4 Å². The van der Waals surface area contributed by atoms with Crippen molar-refractivity contribution in [1.29, 1.82) is 0 Å². The largest absolute Gasteiger partial charge is 0.497 e. The first kappa shape index (κ1) is 18.6. The molecule has 8 heteroatoms. The molecule has 1 saturated carbocycles. The number of hydrogen-bond acceptors (Lipinski definition) is 4. The topological polar surface area (TPSA) is 89.4 Å².